The normalized spacial score (nSPS) is 16.2. The van der Waals surface area contributed by atoms with E-state index in [0.717, 1.165) is 70.8 Å². The van der Waals surface area contributed by atoms with Crippen LogP contribution in [0.3, 0.4) is 0 Å². The molecule has 0 radical (unpaired) electrons. The van der Waals surface area contributed by atoms with Crippen LogP contribution < -0.4 is 10.2 Å². The second kappa shape index (κ2) is 5.65. The van der Waals surface area contributed by atoms with Crippen LogP contribution in [0.5, 0.6) is 0 Å². The number of nitrogens with zero attached hydrogens (tertiary/aromatic N) is 3. The maximum Gasteiger partial charge on any atom is 0.183 e. The van der Waals surface area contributed by atoms with Gasteiger partial charge in [0.1, 0.15) is 0 Å². The minimum atomic E-state index is 0.756. The standard InChI is InChI=1S/C17H20ClN5/c1-10-8-12(18)9-13-15(10)20-17-14(11(2)21-22-17)16(13)23-6-3-4-19-5-7-23/h8-9,19H,3-7H2,1-2H3,(H,20,21,22). The summed E-state index contributed by atoms with van der Waals surface area (Å²) in [7, 11) is 0. The van der Waals surface area contributed by atoms with E-state index in [1.54, 1.807) is 0 Å². The predicted molar refractivity (Wildman–Crippen MR) is 95.6 cm³/mol. The summed E-state index contributed by atoms with van der Waals surface area (Å²) in [5.41, 5.74) is 5.13. The van der Waals surface area contributed by atoms with Crippen LogP contribution in [0.2, 0.25) is 5.02 Å². The van der Waals surface area contributed by atoms with Crippen molar-refractivity contribution in [3.05, 3.63) is 28.4 Å². The first-order valence-electron chi connectivity index (χ1n) is 8.05. The molecule has 1 aromatic carbocycles. The van der Waals surface area contributed by atoms with Crippen molar-refractivity contribution in [1.82, 2.24) is 20.5 Å². The number of benzene rings is 1. The van der Waals surface area contributed by atoms with E-state index >= 15 is 0 Å². The van der Waals surface area contributed by atoms with Crippen molar-refractivity contribution in [2.45, 2.75) is 20.3 Å². The molecule has 2 aromatic heterocycles. The largest absolute Gasteiger partial charge is 0.369 e. The van der Waals surface area contributed by atoms with Crippen LogP contribution in [0, 0.1) is 13.8 Å². The molecule has 1 saturated heterocycles. The maximum atomic E-state index is 6.35. The number of nitrogens with one attached hydrogen (secondary N) is 2. The number of rotatable bonds is 1. The summed E-state index contributed by atoms with van der Waals surface area (Å²) in [6.45, 7) is 8.16. The topological polar surface area (TPSA) is 56.8 Å². The lowest BCUT2D eigenvalue weighted by Gasteiger charge is -2.25. The number of fused-ring (bicyclic) bond motifs is 2. The van der Waals surface area contributed by atoms with Gasteiger partial charge in [-0.15, -0.1) is 0 Å². The molecule has 2 N–H and O–H groups in total. The molecule has 0 spiro atoms. The molecule has 5 nitrogen and oxygen atoms in total. The zero-order valence-electron chi connectivity index (χ0n) is 13.4. The Hall–Kier alpha value is -1.85. The van der Waals surface area contributed by atoms with Crippen LogP contribution in [0.15, 0.2) is 12.1 Å². The lowest BCUT2D eigenvalue weighted by atomic mass is 10.0. The number of aryl methyl sites for hydroxylation is 2. The average Bonchev–Trinajstić information content (AvgIpc) is 2.74. The predicted octanol–water partition coefficient (Wildman–Crippen LogP) is 3.18. The summed E-state index contributed by atoms with van der Waals surface area (Å²) in [4.78, 5) is 7.22. The Morgan fingerprint density at radius 1 is 1.17 bits per heavy atom. The zero-order chi connectivity index (χ0) is 16.0. The van der Waals surface area contributed by atoms with E-state index in [1.165, 1.54) is 5.69 Å². The third-order valence-corrected chi connectivity index (χ3v) is 4.78. The smallest absolute Gasteiger partial charge is 0.183 e. The summed E-state index contributed by atoms with van der Waals surface area (Å²) in [5, 5.41) is 13.9. The molecule has 6 heteroatoms. The third-order valence-electron chi connectivity index (χ3n) is 4.56. The highest BCUT2D eigenvalue weighted by molar-refractivity contribution is 6.32. The molecule has 0 bridgehead atoms. The Labute approximate surface area is 140 Å². The van der Waals surface area contributed by atoms with Gasteiger partial charge in [0.05, 0.1) is 16.6 Å². The summed E-state index contributed by atoms with van der Waals surface area (Å²) >= 11 is 6.35. The third kappa shape index (κ3) is 2.44. The molecule has 0 aliphatic carbocycles. The van der Waals surface area contributed by atoms with E-state index < -0.39 is 0 Å². The molecular formula is C17H20ClN5. The number of aromatic amines is 1. The highest BCUT2D eigenvalue weighted by Gasteiger charge is 2.21. The molecule has 3 heterocycles. The Balaban J connectivity index is 2.08. The van der Waals surface area contributed by atoms with Gasteiger partial charge in [-0.1, -0.05) is 11.6 Å². The maximum absolute atomic E-state index is 6.35. The van der Waals surface area contributed by atoms with Crippen LogP contribution in [0.25, 0.3) is 21.9 Å². The number of halogens is 1. The first-order valence-corrected chi connectivity index (χ1v) is 8.43. The van der Waals surface area contributed by atoms with Crippen molar-refractivity contribution in [1.29, 1.82) is 0 Å². The zero-order valence-corrected chi connectivity index (χ0v) is 14.2. The average molecular weight is 330 g/mol. The van der Waals surface area contributed by atoms with E-state index in [4.69, 9.17) is 16.6 Å². The van der Waals surface area contributed by atoms with Gasteiger partial charge < -0.3 is 10.2 Å². The summed E-state index contributed by atoms with van der Waals surface area (Å²) in [6, 6.07) is 4.01. The highest BCUT2D eigenvalue weighted by atomic mass is 35.5. The van der Waals surface area contributed by atoms with Gasteiger partial charge >= 0.3 is 0 Å². The van der Waals surface area contributed by atoms with Crippen molar-refractivity contribution in [3.8, 4) is 0 Å². The molecule has 120 valence electrons. The molecule has 0 atom stereocenters. The number of hydrogen-bond donors (Lipinski definition) is 2. The summed E-state index contributed by atoms with van der Waals surface area (Å²) in [6.07, 6.45) is 1.13. The van der Waals surface area contributed by atoms with Crippen LogP contribution >= 0.6 is 11.6 Å². The van der Waals surface area contributed by atoms with Crippen molar-refractivity contribution in [3.63, 3.8) is 0 Å². The van der Waals surface area contributed by atoms with E-state index in [2.05, 4.69) is 34.3 Å². The van der Waals surface area contributed by atoms with Crippen molar-refractivity contribution < 1.29 is 0 Å². The first-order chi connectivity index (χ1) is 11.1. The fraction of sp³-hybridized carbons (Fsp3) is 0.412. The molecule has 0 unspecified atom stereocenters. The number of hydrogen-bond acceptors (Lipinski definition) is 4. The Morgan fingerprint density at radius 3 is 2.91 bits per heavy atom. The minimum Gasteiger partial charge on any atom is -0.369 e. The first kappa shape index (κ1) is 14.7. The molecular weight excluding hydrogens is 310 g/mol. The van der Waals surface area contributed by atoms with Crippen molar-refractivity contribution in [2.24, 2.45) is 0 Å². The number of pyridine rings is 1. The van der Waals surface area contributed by atoms with E-state index in [1.807, 2.05) is 12.1 Å². The molecule has 0 amide bonds. The van der Waals surface area contributed by atoms with Crippen LogP contribution in [-0.4, -0.2) is 41.4 Å². The number of anilines is 1. The van der Waals surface area contributed by atoms with Gasteiger partial charge in [0, 0.05) is 35.7 Å². The number of H-pyrrole nitrogens is 1. The monoisotopic (exact) mass is 329 g/mol. The fourth-order valence-corrected chi connectivity index (χ4v) is 3.76. The Morgan fingerprint density at radius 2 is 2.04 bits per heavy atom. The molecule has 1 aliphatic rings. The van der Waals surface area contributed by atoms with Gasteiger partial charge in [-0.05, 0) is 44.5 Å². The molecule has 23 heavy (non-hydrogen) atoms. The van der Waals surface area contributed by atoms with Crippen LogP contribution in [0.1, 0.15) is 17.7 Å². The summed E-state index contributed by atoms with van der Waals surface area (Å²) in [5.74, 6) is 0. The van der Waals surface area contributed by atoms with Crippen LogP contribution in [-0.2, 0) is 0 Å². The second-order valence-electron chi connectivity index (χ2n) is 6.22. The molecule has 4 rings (SSSR count). The van der Waals surface area contributed by atoms with Crippen molar-refractivity contribution >= 4 is 39.2 Å². The van der Waals surface area contributed by atoms with Gasteiger partial charge in [-0.25, -0.2) is 4.98 Å². The molecule has 3 aromatic rings. The molecule has 1 aliphatic heterocycles. The fourth-order valence-electron chi connectivity index (χ4n) is 3.48. The second-order valence-corrected chi connectivity index (χ2v) is 6.65. The minimum absolute atomic E-state index is 0.756. The van der Waals surface area contributed by atoms with E-state index in [0.29, 0.717) is 0 Å². The van der Waals surface area contributed by atoms with Gasteiger partial charge in [0.2, 0.25) is 0 Å². The lowest BCUT2D eigenvalue weighted by Crippen LogP contribution is -2.28. The quantitative estimate of drug-likeness (QED) is 0.720. The van der Waals surface area contributed by atoms with E-state index in [9.17, 15) is 0 Å². The number of aromatic nitrogens is 3. The van der Waals surface area contributed by atoms with Gasteiger partial charge in [0.25, 0.3) is 0 Å². The van der Waals surface area contributed by atoms with Gasteiger partial charge in [-0.3, -0.25) is 5.10 Å². The highest BCUT2D eigenvalue weighted by Crippen LogP contribution is 2.37. The molecule has 1 fully saturated rings. The molecule has 0 saturated carbocycles. The van der Waals surface area contributed by atoms with Gasteiger partial charge in [-0.2, -0.15) is 5.10 Å². The van der Waals surface area contributed by atoms with Crippen LogP contribution in [0.4, 0.5) is 5.69 Å². The Kier molecular flexibility index (Phi) is 3.62. The SMILES string of the molecule is Cc1cc(Cl)cc2c(N3CCCNCC3)c3c(C)[nH]nc3nc12. The lowest BCUT2D eigenvalue weighted by molar-refractivity contribution is 0.724. The Bertz CT molecular complexity index is 878. The van der Waals surface area contributed by atoms with E-state index in [-0.39, 0.29) is 0 Å². The summed E-state index contributed by atoms with van der Waals surface area (Å²) < 4.78 is 0. The van der Waals surface area contributed by atoms with Gasteiger partial charge in [0.15, 0.2) is 5.65 Å². The van der Waals surface area contributed by atoms with Crippen molar-refractivity contribution in [2.75, 3.05) is 31.1 Å².